The molecule has 5 heteroatoms. The Balaban J connectivity index is 1.24. The number of Topliss-reactive ketones (excluding diaryl/α,β-unsaturated/α-hetero) is 1. The van der Waals surface area contributed by atoms with E-state index in [-0.39, 0.29) is 11.3 Å². The summed E-state index contributed by atoms with van der Waals surface area (Å²) in [7, 11) is 5.83. The monoisotopic (exact) mass is 463 g/mol. The lowest BCUT2D eigenvalue weighted by Crippen LogP contribution is -2.16. The van der Waals surface area contributed by atoms with Crippen molar-refractivity contribution in [2.45, 2.75) is 30.7 Å². The van der Waals surface area contributed by atoms with Gasteiger partial charge in [0.2, 0.25) is 0 Å². The lowest BCUT2D eigenvalue weighted by atomic mass is 9.91. The molecule has 176 valence electrons. The lowest BCUT2D eigenvalue weighted by molar-refractivity contribution is -0.120. The molecule has 1 N–H and O–H groups in total. The number of benzene rings is 3. The number of nitrogens with one attached hydrogen (secondary N) is 1. The van der Waals surface area contributed by atoms with Crippen molar-refractivity contribution in [3.05, 3.63) is 94.2 Å². The van der Waals surface area contributed by atoms with Gasteiger partial charge in [-0.1, -0.05) is 48.5 Å². The molecular weight excluding hydrogens is 434 g/mol. The number of carbonyl (C=O) groups is 1. The van der Waals surface area contributed by atoms with Gasteiger partial charge in [-0.15, -0.1) is 0 Å². The molecule has 1 saturated carbocycles. The average Bonchev–Trinajstić information content (AvgIpc) is 3.40. The minimum absolute atomic E-state index is 0.204. The Morgan fingerprint density at radius 1 is 1.09 bits per heavy atom. The Labute approximate surface area is 205 Å². The predicted molar refractivity (Wildman–Crippen MR) is 140 cm³/mol. The quantitative estimate of drug-likeness (QED) is 0.419. The molecule has 3 aromatic carbocycles. The second-order valence-corrected chi connectivity index (χ2v) is 10.1. The Morgan fingerprint density at radius 2 is 1.91 bits per heavy atom. The van der Waals surface area contributed by atoms with Crippen molar-refractivity contribution in [3.63, 3.8) is 0 Å². The van der Waals surface area contributed by atoms with E-state index in [4.69, 9.17) is 4.74 Å². The minimum Gasteiger partial charge on any atom is -0.497 e. The van der Waals surface area contributed by atoms with Crippen molar-refractivity contribution in [2.24, 2.45) is 0 Å². The number of H-pyrrole nitrogens is 1. The molecule has 6 rings (SSSR count). The number of methoxy groups -OCH3 is 1. The van der Waals surface area contributed by atoms with Gasteiger partial charge < -0.3 is 9.64 Å². The zero-order valence-corrected chi connectivity index (χ0v) is 20.3. The van der Waals surface area contributed by atoms with Gasteiger partial charge in [-0.3, -0.25) is 9.89 Å². The summed E-state index contributed by atoms with van der Waals surface area (Å²) >= 11 is 0. The van der Waals surface area contributed by atoms with Crippen LogP contribution < -0.4 is 4.74 Å². The van der Waals surface area contributed by atoms with E-state index in [9.17, 15) is 4.79 Å². The number of aromatic amines is 1. The van der Waals surface area contributed by atoms with Gasteiger partial charge in [0.1, 0.15) is 11.5 Å². The first-order valence-corrected chi connectivity index (χ1v) is 12.1. The molecule has 4 aromatic rings. The molecule has 0 saturated heterocycles. The van der Waals surface area contributed by atoms with Crippen LogP contribution in [-0.2, 0) is 23.2 Å². The average molecular weight is 464 g/mol. The van der Waals surface area contributed by atoms with E-state index < -0.39 is 0 Å². The summed E-state index contributed by atoms with van der Waals surface area (Å²) in [6.07, 6.45) is 5.54. The highest BCUT2D eigenvalue weighted by Gasteiger charge is 2.64. The molecule has 2 atom stereocenters. The van der Waals surface area contributed by atoms with Crippen LogP contribution in [0.25, 0.3) is 23.1 Å². The first-order chi connectivity index (χ1) is 17.0. The summed E-state index contributed by atoms with van der Waals surface area (Å²) in [5.74, 6) is 1.35. The number of fused-ring (bicyclic) bond motifs is 3. The molecule has 0 unspecified atom stereocenters. The Morgan fingerprint density at radius 3 is 2.69 bits per heavy atom. The third kappa shape index (κ3) is 3.67. The van der Waals surface area contributed by atoms with Crippen LogP contribution in [0.1, 0.15) is 45.8 Å². The van der Waals surface area contributed by atoms with E-state index in [0.717, 1.165) is 52.0 Å². The van der Waals surface area contributed by atoms with Crippen LogP contribution in [-0.4, -0.2) is 42.1 Å². The molecule has 0 radical (unpaired) electrons. The second-order valence-electron chi connectivity index (χ2n) is 10.1. The fourth-order valence-corrected chi connectivity index (χ4v) is 5.68. The van der Waals surface area contributed by atoms with Crippen LogP contribution in [0.3, 0.4) is 0 Å². The molecular formula is C30H29N3O2. The molecule has 1 spiro atoms. The van der Waals surface area contributed by atoms with Crippen molar-refractivity contribution in [1.82, 2.24) is 15.1 Å². The number of carbonyl (C=O) groups excluding carboxylic acids is 1. The van der Waals surface area contributed by atoms with Crippen LogP contribution in [0.4, 0.5) is 0 Å². The first kappa shape index (κ1) is 21.8. The summed E-state index contributed by atoms with van der Waals surface area (Å²) < 4.78 is 5.44. The SMILES string of the molecule is COc1ccc2c(c1)[C@]1(C[C@@H]1c1ccc3c(/C=C/c4ccc(CN(C)C)cc4)n[nH]c3c1)C(=O)C2. The third-order valence-corrected chi connectivity index (χ3v) is 7.54. The number of aromatic nitrogens is 2. The van der Waals surface area contributed by atoms with E-state index in [1.807, 2.05) is 12.1 Å². The number of ketones is 1. The van der Waals surface area contributed by atoms with Gasteiger partial charge in [-0.25, -0.2) is 0 Å². The Hall–Kier alpha value is -3.70. The van der Waals surface area contributed by atoms with Crippen molar-refractivity contribution in [2.75, 3.05) is 21.2 Å². The smallest absolute Gasteiger partial charge is 0.148 e. The molecule has 5 nitrogen and oxygen atoms in total. The zero-order valence-electron chi connectivity index (χ0n) is 20.3. The molecule has 0 amide bonds. The van der Waals surface area contributed by atoms with Crippen molar-refractivity contribution >= 4 is 28.8 Å². The van der Waals surface area contributed by atoms with Crippen LogP contribution in [0.2, 0.25) is 0 Å². The molecule has 1 aromatic heterocycles. The van der Waals surface area contributed by atoms with Crippen LogP contribution >= 0.6 is 0 Å². The molecule has 0 bridgehead atoms. The van der Waals surface area contributed by atoms with Gasteiger partial charge in [-0.05, 0) is 72.6 Å². The molecule has 0 aliphatic heterocycles. The highest BCUT2D eigenvalue weighted by atomic mass is 16.5. The summed E-state index contributed by atoms with van der Waals surface area (Å²) in [4.78, 5) is 15.3. The van der Waals surface area contributed by atoms with Gasteiger partial charge in [0.25, 0.3) is 0 Å². The zero-order chi connectivity index (χ0) is 24.2. The standard InChI is InChI=1S/C30H29N3O2/c1-33(2)18-20-6-4-19(5-7-20)8-13-27-24-12-10-21(14-28(24)32-31-27)26-17-30(26)25-16-23(35-3)11-9-22(25)15-29(30)34/h4-14,16,26H,15,17-18H2,1-3H3,(H,31,32)/b13-8+/t26-,30+/m1/s1. The number of hydrogen-bond donors (Lipinski definition) is 1. The van der Waals surface area contributed by atoms with E-state index >= 15 is 0 Å². The van der Waals surface area contributed by atoms with E-state index in [0.29, 0.717) is 12.2 Å². The largest absolute Gasteiger partial charge is 0.497 e. The fourth-order valence-electron chi connectivity index (χ4n) is 5.68. The van der Waals surface area contributed by atoms with Gasteiger partial charge in [-0.2, -0.15) is 5.10 Å². The lowest BCUT2D eigenvalue weighted by Gasteiger charge is -2.12. The summed E-state index contributed by atoms with van der Waals surface area (Å²) in [6.45, 7) is 0.934. The molecule has 2 aliphatic carbocycles. The molecule has 35 heavy (non-hydrogen) atoms. The molecule has 2 aliphatic rings. The van der Waals surface area contributed by atoms with Crippen molar-refractivity contribution in [1.29, 1.82) is 0 Å². The predicted octanol–water partition coefficient (Wildman–Crippen LogP) is 5.35. The van der Waals surface area contributed by atoms with Crippen LogP contribution in [0.5, 0.6) is 5.75 Å². The normalized spacial score (nSPS) is 20.9. The maximum absolute atomic E-state index is 13.1. The number of rotatable bonds is 6. The minimum atomic E-state index is -0.390. The Kier molecular flexibility index (Phi) is 5.11. The van der Waals surface area contributed by atoms with Crippen LogP contribution in [0, 0.1) is 0 Å². The van der Waals surface area contributed by atoms with E-state index in [1.54, 1.807) is 7.11 Å². The number of nitrogens with zero attached hydrogens (tertiary/aromatic N) is 2. The summed E-state index contributed by atoms with van der Waals surface area (Å²) in [5, 5.41) is 8.83. The van der Waals surface area contributed by atoms with Gasteiger partial charge in [0, 0.05) is 24.3 Å². The summed E-state index contributed by atoms with van der Waals surface area (Å²) in [5.41, 5.74) is 7.46. The first-order valence-electron chi connectivity index (χ1n) is 12.1. The fraction of sp³-hybridized carbons (Fsp3) is 0.267. The van der Waals surface area contributed by atoms with E-state index in [2.05, 4.69) is 89.9 Å². The van der Waals surface area contributed by atoms with Crippen LogP contribution in [0.15, 0.2) is 60.7 Å². The van der Waals surface area contributed by atoms with Crippen molar-refractivity contribution in [3.8, 4) is 5.75 Å². The topological polar surface area (TPSA) is 58.2 Å². The van der Waals surface area contributed by atoms with Gasteiger partial charge in [0.05, 0.1) is 23.7 Å². The number of hydrogen-bond acceptors (Lipinski definition) is 4. The van der Waals surface area contributed by atoms with Crippen molar-refractivity contribution < 1.29 is 9.53 Å². The molecule has 1 heterocycles. The van der Waals surface area contributed by atoms with Gasteiger partial charge in [0.15, 0.2) is 0 Å². The molecule has 1 fully saturated rings. The highest BCUT2D eigenvalue weighted by molar-refractivity contribution is 6.01. The van der Waals surface area contributed by atoms with E-state index in [1.165, 1.54) is 11.1 Å². The van der Waals surface area contributed by atoms with Gasteiger partial charge >= 0.3 is 0 Å². The summed E-state index contributed by atoms with van der Waals surface area (Å²) in [6, 6.07) is 21.1. The maximum atomic E-state index is 13.1. The highest BCUT2D eigenvalue weighted by Crippen LogP contribution is 2.65. The number of ether oxygens (including phenoxy) is 1. The maximum Gasteiger partial charge on any atom is 0.148 e. The Bertz CT molecular complexity index is 1460. The third-order valence-electron chi connectivity index (χ3n) is 7.54. The second kappa shape index (κ2) is 8.21.